The Kier molecular flexibility index (Phi) is 4.62. The second-order valence-electron chi connectivity index (χ2n) is 3.56. The molecule has 0 aromatic heterocycles. The lowest BCUT2D eigenvalue weighted by molar-refractivity contribution is 0.0380. The second kappa shape index (κ2) is 5.55. The summed E-state index contributed by atoms with van der Waals surface area (Å²) in [5.74, 6) is 1.72. The van der Waals surface area contributed by atoms with Crippen LogP contribution in [-0.4, -0.2) is 26.3 Å². The first kappa shape index (κ1) is 10.0. The highest BCUT2D eigenvalue weighted by Crippen LogP contribution is 2.33. The minimum absolute atomic E-state index is 0.837. The lowest BCUT2D eigenvalue weighted by Crippen LogP contribution is -2.37. The van der Waals surface area contributed by atoms with Gasteiger partial charge in [0.25, 0.3) is 0 Å². The quantitative estimate of drug-likeness (QED) is 0.656. The minimum Gasteiger partial charge on any atom is -0.381 e. The molecule has 0 aromatic carbocycles. The molecule has 2 atom stereocenters. The molecule has 2 heteroatoms. The Labute approximate surface area is 75.7 Å². The van der Waals surface area contributed by atoms with Gasteiger partial charge in [-0.3, -0.25) is 0 Å². The first-order chi connectivity index (χ1) is 5.88. The molecule has 0 amide bonds. The van der Waals surface area contributed by atoms with Crippen molar-refractivity contribution < 1.29 is 4.74 Å². The summed E-state index contributed by atoms with van der Waals surface area (Å²) in [6.07, 6.45) is 2.76. The van der Waals surface area contributed by atoms with Crippen molar-refractivity contribution in [3.63, 3.8) is 0 Å². The van der Waals surface area contributed by atoms with Crippen LogP contribution in [-0.2, 0) is 4.74 Å². The molecule has 1 rings (SSSR count). The smallest absolute Gasteiger partial charge is 0.0497 e. The zero-order valence-electron chi connectivity index (χ0n) is 8.31. The van der Waals surface area contributed by atoms with Gasteiger partial charge >= 0.3 is 0 Å². The van der Waals surface area contributed by atoms with Crippen LogP contribution in [0.1, 0.15) is 26.7 Å². The molecule has 0 bridgehead atoms. The zero-order chi connectivity index (χ0) is 8.81. The van der Waals surface area contributed by atoms with Gasteiger partial charge < -0.3 is 10.1 Å². The predicted molar refractivity (Wildman–Crippen MR) is 51.3 cm³/mol. The lowest BCUT2D eigenvalue weighted by atomic mass is 9.74. The van der Waals surface area contributed by atoms with E-state index in [1.165, 1.54) is 19.4 Å². The van der Waals surface area contributed by atoms with Crippen LogP contribution in [0.3, 0.4) is 0 Å². The van der Waals surface area contributed by atoms with E-state index in [4.69, 9.17) is 4.74 Å². The Morgan fingerprint density at radius 1 is 1.25 bits per heavy atom. The minimum atomic E-state index is 0.837. The summed E-state index contributed by atoms with van der Waals surface area (Å²) in [5, 5.41) is 3.40. The van der Waals surface area contributed by atoms with Gasteiger partial charge in [-0.25, -0.2) is 0 Å². The second-order valence-corrected chi connectivity index (χ2v) is 3.56. The summed E-state index contributed by atoms with van der Waals surface area (Å²) < 4.78 is 5.42. The molecule has 1 fully saturated rings. The van der Waals surface area contributed by atoms with Crippen LogP contribution in [0.5, 0.6) is 0 Å². The normalized spacial score (nSPS) is 28.5. The van der Waals surface area contributed by atoms with Crippen LogP contribution in [0.25, 0.3) is 0 Å². The third-order valence-corrected chi connectivity index (χ3v) is 2.77. The molecular formula is C10H21NO. The highest BCUT2D eigenvalue weighted by molar-refractivity contribution is 4.81. The molecule has 1 saturated carbocycles. The van der Waals surface area contributed by atoms with Gasteiger partial charge in [0.15, 0.2) is 0 Å². The summed E-state index contributed by atoms with van der Waals surface area (Å²) in [6, 6.07) is 0. The lowest BCUT2D eigenvalue weighted by Gasteiger charge is -2.36. The van der Waals surface area contributed by atoms with E-state index in [2.05, 4.69) is 19.2 Å². The van der Waals surface area contributed by atoms with Crippen molar-refractivity contribution in [2.45, 2.75) is 26.7 Å². The van der Waals surface area contributed by atoms with Crippen molar-refractivity contribution in [2.75, 3.05) is 26.3 Å². The Bertz CT molecular complexity index is 102. The van der Waals surface area contributed by atoms with Gasteiger partial charge in [-0.15, -0.1) is 0 Å². The number of hydrogen-bond donors (Lipinski definition) is 1. The fraction of sp³-hybridized carbons (Fsp3) is 1.00. The summed E-state index contributed by atoms with van der Waals surface area (Å²) in [4.78, 5) is 0. The van der Waals surface area contributed by atoms with Gasteiger partial charge in [0.05, 0.1) is 0 Å². The number of ether oxygens (including phenoxy) is 1. The molecule has 0 heterocycles. The highest BCUT2D eigenvalue weighted by Gasteiger charge is 2.29. The van der Waals surface area contributed by atoms with Crippen LogP contribution in [0.4, 0.5) is 0 Å². The largest absolute Gasteiger partial charge is 0.381 e. The molecular weight excluding hydrogens is 150 g/mol. The summed E-state index contributed by atoms with van der Waals surface area (Å²) >= 11 is 0. The van der Waals surface area contributed by atoms with Gasteiger partial charge in [-0.2, -0.15) is 0 Å². The third kappa shape index (κ3) is 2.76. The molecule has 12 heavy (non-hydrogen) atoms. The average molecular weight is 171 g/mol. The van der Waals surface area contributed by atoms with Crippen molar-refractivity contribution >= 4 is 0 Å². The van der Waals surface area contributed by atoms with E-state index in [-0.39, 0.29) is 0 Å². The predicted octanol–water partition coefficient (Wildman–Crippen LogP) is 1.66. The Balaban J connectivity index is 2.03. The number of hydrogen-bond acceptors (Lipinski definition) is 2. The van der Waals surface area contributed by atoms with Crippen molar-refractivity contribution in [3.8, 4) is 0 Å². The van der Waals surface area contributed by atoms with Crippen molar-refractivity contribution in [1.29, 1.82) is 0 Å². The van der Waals surface area contributed by atoms with Crippen molar-refractivity contribution in [3.05, 3.63) is 0 Å². The van der Waals surface area contributed by atoms with Crippen LogP contribution in [0, 0.1) is 11.8 Å². The maximum absolute atomic E-state index is 5.42. The maximum atomic E-state index is 5.42. The molecule has 72 valence electrons. The summed E-state index contributed by atoms with van der Waals surface area (Å²) in [6.45, 7) is 8.36. The summed E-state index contributed by atoms with van der Waals surface area (Å²) in [5.41, 5.74) is 0. The first-order valence-electron chi connectivity index (χ1n) is 5.16. The Morgan fingerprint density at radius 2 is 2.00 bits per heavy atom. The fourth-order valence-corrected chi connectivity index (χ4v) is 1.73. The molecule has 0 aliphatic heterocycles. The van der Waals surface area contributed by atoms with Gasteiger partial charge in [0.1, 0.15) is 0 Å². The first-order valence-corrected chi connectivity index (χ1v) is 5.16. The van der Waals surface area contributed by atoms with E-state index < -0.39 is 0 Å². The monoisotopic (exact) mass is 171 g/mol. The van der Waals surface area contributed by atoms with E-state index in [0.717, 1.165) is 31.6 Å². The van der Waals surface area contributed by atoms with Gasteiger partial charge in [-0.1, -0.05) is 6.92 Å². The molecule has 2 nitrogen and oxygen atoms in total. The molecule has 2 unspecified atom stereocenters. The molecule has 0 aromatic rings. The molecule has 1 aliphatic rings. The molecule has 0 saturated heterocycles. The highest BCUT2D eigenvalue weighted by atomic mass is 16.5. The van der Waals surface area contributed by atoms with E-state index in [0.29, 0.717) is 0 Å². The molecule has 0 spiro atoms. The molecule has 1 N–H and O–H groups in total. The number of rotatable bonds is 6. The molecule has 0 radical (unpaired) electrons. The van der Waals surface area contributed by atoms with Crippen LogP contribution >= 0.6 is 0 Å². The Hall–Kier alpha value is -0.0800. The average Bonchev–Trinajstić information content (AvgIpc) is 2.04. The number of nitrogens with one attached hydrogen (secondary N) is 1. The summed E-state index contributed by atoms with van der Waals surface area (Å²) in [7, 11) is 0. The van der Waals surface area contributed by atoms with E-state index >= 15 is 0 Å². The van der Waals surface area contributed by atoms with E-state index in [1.807, 2.05) is 0 Å². The fourth-order valence-electron chi connectivity index (χ4n) is 1.73. The van der Waals surface area contributed by atoms with Crippen LogP contribution in [0.2, 0.25) is 0 Å². The third-order valence-electron chi connectivity index (χ3n) is 2.77. The van der Waals surface area contributed by atoms with E-state index in [1.54, 1.807) is 0 Å². The standard InChI is InChI=1S/C10H21NO/c1-3-11-7-9-5-6-10(9)8-12-4-2/h9-11H,3-8H2,1-2H3. The van der Waals surface area contributed by atoms with Crippen molar-refractivity contribution in [1.82, 2.24) is 5.32 Å². The zero-order valence-corrected chi connectivity index (χ0v) is 8.31. The SMILES string of the molecule is CCNCC1CCC1COCC. The van der Waals surface area contributed by atoms with Crippen LogP contribution < -0.4 is 5.32 Å². The van der Waals surface area contributed by atoms with Crippen LogP contribution in [0.15, 0.2) is 0 Å². The van der Waals surface area contributed by atoms with Crippen molar-refractivity contribution in [2.24, 2.45) is 11.8 Å². The van der Waals surface area contributed by atoms with E-state index in [9.17, 15) is 0 Å². The maximum Gasteiger partial charge on any atom is 0.0497 e. The Morgan fingerprint density at radius 3 is 2.50 bits per heavy atom. The molecule has 1 aliphatic carbocycles. The topological polar surface area (TPSA) is 21.3 Å². The van der Waals surface area contributed by atoms with Gasteiger partial charge in [0.2, 0.25) is 0 Å². The van der Waals surface area contributed by atoms with Gasteiger partial charge in [0, 0.05) is 13.2 Å². The van der Waals surface area contributed by atoms with Gasteiger partial charge in [-0.05, 0) is 44.7 Å².